The average molecular weight is 348 g/mol. The van der Waals surface area contributed by atoms with E-state index in [0.29, 0.717) is 28.8 Å². The van der Waals surface area contributed by atoms with E-state index in [9.17, 15) is 4.79 Å². The maximum absolute atomic E-state index is 12.2. The summed E-state index contributed by atoms with van der Waals surface area (Å²) in [5.74, 6) is 0.0960. The molecule has 0 saturated carbocycles. The van der Waals surface area contributed by atoms with Gasteiger partial charge in [-0.05, 0) is 48.7 Å². The summed E-state index contributed by atoms with van der Waals surface area (Å²) in [6.07, 6.45) is 0.669. The lowest BCUT2D eigenvalue weighted by Crippen LogP contribution is -2.25. The minimum absolute atomic E-state index is 0.223. The Morgan fingerprint density at radius 1 is 1.09 bits per heavy atom. The zero-order valence-corrected chi connectivity index (χ0v) is 14.0. The molecular weight excluding hydrogens is 333 g/mol. The van der Waals surface area contributed by atoms with Gasteiger partial charge in [-0.3, -0.25) is 4.79 Å². The molecule has 0 aliphatic carbocycles. The Kier molecular flexibility index (Phi) is 4.60. The van der Waals surface area contributed by atoms with Gasteiger partial charge in [-0.25, -0.2) is 0 Å². The third kappa shape index (κ3) is 3.69. The minimum Gasteiger partial charge on any atom is -0.451 e. The number of benzene rings is 2. The number of hydrogen-bond acceptors (Lipinski definition) is 2. The van der Waals surface area contributed by atoms with Crippen LogP contribution in [0.15, 0.2) is 46.9 Å². The highest BCUT2D eigenvalue weighted by molar-refractivity contribution is 6.42. The monoisotopic (exact) mass is 347 g/mol. The molecule has 118 valence electrons. The quantitative estimate of drug-likeness (QED) is 0.719. The van der Waals surface area contributed by atoms with Crippen LogP contribution in [0.25, 0.3) is 11.0 Å². The number of carbonyl (C=O) groups excluding carboxylic acids is 1. The van der Waals surface area contributed by atoms with Crippen LogP contribution in [0.5, 0.6) is 0 Å². The Labute approximate surface area is 144 Å². The van der Waals surface area contributed by atoms with Gasteiger partial charge in [0.1, 0.15) is 5.58 Å². The van der Waals surface area contributed by atoms with Crippen molar-refractivity contribution in [3.8, 4) is 0 Å². The Balaban J connectivity index is 1.63. The van der Waals surface area contributed by atoms with E-state index in [-0.39, 0.29) is 5.91 Å². The molecule has 0 spiro atoms. The molecular formula is C18H15Cl2NO2. The first kappa shape index (κ1) is 15.9. The molecule has 1 N–H and O–H groups in total. The summed E-state index contributed by atoms with van der Waals surface area (Å²) in [6.45, 7) is 2.48. The second kappa shape index (κ2) is 6.65. The van der Waals surface area contributed by atoms with Gasteiger partial charge in [0.05, 0.1) is 10.0 Å². The normalized spacial score (nSPS) is 10.9. The average Bonchev–Trinajstić information content (AvgIpc) is 2.94. The van der Waals surface area contributed by atoms with Crippen molar-refractivity contribution in [1.29, 1.82) is 0 Å². The molecule has 0 saturated heterocycles. The van der Waals surface area contributed by atoms with Crippen molar-refractivity contribution in [3.63, 3.8) is 0 Å². The molecule has 0 fully saturated rings. The number of fused-ring (bicyclic) bond motifs is 1. The first-order valence-electron chi connectivity index (χ1n) is 7.25. The van der Waals surface area contributed by atoms with Gasteiger partial charge < -0.3 is 9.73 Å². The highest BCUT2D eigenvalue weighted by Crippen LogP contribution is 2.23. The highest BCUT2D eigenvalue weighted by Gasteiger charge is 2.12. The number of hydrogen-bond donors (Lipinski definition) is 1. The molecule has 0 atom stereocenters. The van der Waals surface area contributed by atoms with Gasteiger partial charge in [0.15, 0.2) is 5.76 Å². The molecule has 0 aliphatic heterocycles. The summed E-state index contributed by atoms with van der Waals surface area (Å²) in [7, 11) is 0. The third-order valence-electron chi connectivity index (χ3n) is 3.58. The number of aryl methyl sites for hydroxylation is 1. The van der Waals surface area contributed by atoms with E-state index in [2.05, 4.69) is 5.32 Å². The van der Waals surface area contributed by atoms with E-state index in [0.717, 1.165) is 22.1 Å². The van der Waals surface area contributed by atoms with Crippen molar-refractivity contribution < 1.29 is 9.21 Å². The molecule has 1 heterocycles. The van der Waals surface area contributed by atoms with E-state index in [1.807, 2.05) is 31.2 Å². The first-order valence-corrected chi connectivity index (χ1v) is 8.01. The molecule has 0 aliphatic rings. The largest absolute Gasteiger partial charge is 0.451 e. The molecule has 3 aromatic rings. The lowest BCUT2D eigenvalue weighted by molar-refractivity contribution is 0.0928. The van der Waals surface area contributed by atoms with Crippen molar-refractivity contribution in [2.24, 2.45) is 0 Å². The molecule has 3 rings (SSSR count). The van der Waals surface area contributed by atoms with Gasteiger partial charge in [-0.1, -0.05) is 41.4 Å². The van der Waals surface area contributed by atoms with E-state index in [4.69, 9.17) is 27.6 Å². The van der Waals surface area contributed by atoms with E-state index in [1.54, 1.807) is 18.2 Å². The summed E-state index contributed by atoms with van der Waals surface area (Å²) in [4.78, 5) is 12.2. The van der Waals surface area contributed by atoms with Crippen LogP contribution in [0.4, 0.5) is 0 Å². The number of halogens is 2. The Bertz CT molecular complexity index is 871. The third-order valence-corrected chi connectivity index (χ3v) is 4.32. The van der Waals surface area contributed by atoms with Crippen LogP contribution in [0.3, 0.4) is 0 Å². The lowest BCUT2D eigenvalue weighted by Gasteiger charge is -2.04. The van der Waals surface area contributed by atoms with Gasteiger partial charge in [-0.15, -0.1) is 0 Å². The van der Waals surface area contributed by atoms with E-state index >= 15 is 0 Å². The molecule has 3 nitrogen and oxygen atoms in total. The smallest absolute Gasteiger partial charge is 0.287 e. The van der Waals surface area contributed by atoms with Crippen molar-refractivity contribution in [2.75, 3.05) is 6.54 Å². The SMILES string of the molecule is Cc1ccc2cc(C(=O)NCCc3ccc(Cl)c(Cl)c3)oc2c1. The zero-order valence-electron chi connectivity index (χ0n) is 12.5. The molecule has 0 radical (unpaired) electrons. The number of nitrogens with one attached hydrogen (secondary N) is 1. The maximum Gasteiger partial charge on any atom is 0.287 e. The number of amides is 1. The summed E-state index contributed by atoms with van der Waals surface area (Å²) in [5, 5.41) is 4.81. The molecule has 2 aromatic carbocycles. The predicted molar refractivity (Wildman–Crippen MR) is 93.5 cm³/mol. The molecule has 1 amide bonds. The number of furan rings is 1. The summed E-state index contributed by atoms with van der Waals surface area (Å²) < 4.78 is 5.60. The van der Waals surface area contributed by atoms with Crippen molar-refractivity contribution in [2.45, 2.75) is 13.3 Å². The molecule has 0 bridgehead atoms. The minimum atomic E-state index is -0.223. The fourth-order valence-electron chi connectivity index (χ4n) is 2.35. The van der Waals surface area contributed by atoms with Gasteiger partial charge in [0, 0.05) is 11.9 Å². The summed E-state index contributed by atoms with van der Waals surface area (Å²) in [6, 6.07) is 13.1. The molecule has 23 heavy (non-hydrogen) atoms. The maximum atomic E-state index is 12.2. The molecule has 1 aromatic heterocycles. The Morgan fingerprint density at radius 3 is 2.70 bits per heavy atom. The van der Waals surface area contributed by atoms with Crippen molar-refractivity contribution >= 4 is 40.1 Å². The summed E-state index contributed by atoms with van der Waals surface area (Å²) in [5.41, 5.74) is 2.83. The topological polar surface area (TPSA) is 42.2 Å². The standard InChI is InChI=1S/C18H15Cl2NO2/c1-11-2-4-13-10-17(23-16(13)8-11)18(22)21-7-6-12-3-5-14(19)15(20)9-12/h2-5,8-10H,6-7H2,1H3,(H,21,22). The van der Waals surface area contributed by atoms with Crippen LogP contribution in [-0.2, 0) is 6.42 Å². The predicted octanol–water partition coefficient (Wildman–Crippen LogP) is 5.02. The van der Waals surface area contributed by atoms with Crippen LogP contribution in [0.2, 0.25) is 10.0 Å². The van der Waals surface area contributed by atoms with Crippen LogP contribution >= 0.6 is 23.2 Å². The van der Waals surface area contributed by atoms with Gasteiger partial charge in [0.25, 0.3) is 5.91 Å². The van der Waals surface area contributed by atoms with Gasteiger partial charge in [0.2, 0.25) is 0 Å². The number of carbonyl (C=O) groups is 1. The fraction of sp³-hybridized carbons (Fsp3) is 0.167. The lowest BCUT2D eigenvalue weighted by atomic mass is 10.1. The molecule has 0 unspecified atom stereocenters. The van der Waals surface area contributed by atoms with Gasteiger partial charge >= 0.3 is 0 Å². The molecule has 5 heteroatoms. The number of rotatable bonds is 4. The Hall–Kier alpha value is -1.97. The zero-order chi connectivity index (χ0) is 16.4. The van der Waals surface area contributed by atoms with Crippen molar-refractivity contribution in [1.82, 2.24) is 5.32 Å². The van der Waals surface area contributed by atoms with E-state index in [1.165, 1.54) is 0 Å². The second-order valence-electron chi connectivity index (χ2n) is 5.41. The highest BCUT2D eigenvalue weighted by atomic mass is 35.5. The summed E-state index contributed by atoms with van der Waals surface area (Å²) >= 11 is 11.9. The van der Waals surface area contributed by atoms with Gasteiger partial charge in [-0.2, -0.15) is 0 Å². The Morgan fingerprint density at radius 2 is 1.91 bits per heavy atom. The van der Waals surface area contributed by atoms with E-state index < -0.39 is 0 Å². The van der Waals surface area contributed by atoms with Crippen molar-refractivity contribution in [3.05, 3.63) is 69.4 Å². The second-order valence-corrected chi connectivity index (χ2v) is 6.22. The van der Waals surface area contributed by atoms with Crippen LogP contribution in [-0.4, -0.2) is 12.5 Å². The van der Waals surface area contributed by atoms with Crippen LogP contribution in [0, 0.1) is 6.92 Å². The fourth-order valence-corrected chi connectivity index (χ4v) is 2.67. The first-order chi connectivity index (χ1) is 11.0. The van der Waals surface area contributed by atoms with Crippen LogP contribution < -0.4 is 5.32 Å². The van der Waals surface area contributed by atoms with Crippen LogP contribution in [0.1, 0.15) is 21.7 Å².